The summed E-state index contributed by atoms with van der Waals surface area (Å²) in [6.45, 7) is 2.29. The molecule has 2 heterocycles. The van der Waals surface area contributed by atoms with Gasteiger partial charge in [-0.05, 0) is 62.2 Å². The van der Waals surface area contributed by atoms with Gasteiger partial charge in [-0.15, -0.1) is 0 Å². The number of carbonyl (C=O) groups is 2. The van der Waals surface area contributed by atoms with Crippen LogP contribution in [0, 0.1) is 5.41 Å². The molecule has 2 aliphatic rings. The number of fused-ring (bicyclic) bond motifs is 1. The van der Waals surface area contributed by atoms with E-state index in [-0.39, 0.29) is 17.2 Å². The number of para-hydroxylation sites is 1. The molecule has 2 N–H and O–H groups in total. The summed E-state index contributed by atoms with van der Waals surface area (Å²) in [6, 6.07) is 7.79. The number of nitrogens with zero attached hydrogens (tertiary/aromatic N) is 2. The van der Waals surface area contributed by atoms with Crippen molar-refractivity contribution in [3.8, 4) is 5.75 Å². The molecule has 1 aromatic carbocycles. The zero-order valence-corrected chi connectivity index (χ0v) is 20.5. The molecule has 0 unspecified atom stereocenters. The van der Waals surface area contributed by atoms with Crippen LogP contribution in [-0.2, 0) is 16.0 Å². The van der Waals surface area contributed by atoms with Gasteiger partial charge in [0, 0.05) is 20.1 Å². The third-order valence-electron chi connectivity index (χ3n) is 7.04. The largest absolute Gasteiger partial charge is 0.491 e. The standard InChI is InChI=1S/C25H39N3O3S/c1-27-17-18-31-22-10-6-5-9-20(22)8-4-3-7-12-25(24(27)30)13-15-28(16-14-25)23(29)21(26)11-19-32-2/h5-6,9-10,21H,3-4,7-8,11-19,26H2,1-2H3/t21-/m0/s1. The van der Waals surface area contributed by atoms with E-state index in [1.807, 2.05) is 35.2 Å². The number of piperidine rings is 1. The minimum atomic E-state index is -0.436. The van der Waals surface area contributed by atoms with Crippen molar-refractivity contribution >= 4 is 23.6 Å². The van der Waals surface area contributed by atoms with Gasteiger partial charge in [0.2, 0.25) is 11.8 Å². The lowest BCUT2D eigenvalue weighted by Crippen LogP contribution is -2.53. The van der Waals surface area contributed by atoms with Crippen LogP contribution >= 0.6 is 11.8 Å². The van der Waals surface area contributed by atoms with Crippen molar-refractivity contribution in [1.29, 1.82) is 0 Å². The van der Waals surface area contributed by atoms with Crippen LogP contribution in [0.2, 0.25) is 0 Å². The van der Waals surface area contributed by atoms with E-state index in [1.54, 1.807) is 11.8 Å². The Kier molecular flexibility index (Phi) is 9.29. The van der Waals surface area contributed by atoms with Crippen LogP contribution in [0.3, 0.4) is 0 Å². The van der Waals surface area contributed by atoms with Crippen LogP contribution in [0.1, 0.15) is 50.5 Å². The second kappa shape index (κ2) is 11.9. The molecule has 0 aromatic heterocycles. The fourth-order valence-electron chi connectivity index (χ4n) is 4.93. The average molecular weight is 462 g/mol. The fourth-order valence-corrected chi connectivity index (χ4v) is 5.42. The van der Waals surface area contributed by atoms with Crippen molar-refractivity contribution in [2.45, 2.75) is 57.4 Å². The van der Waals surface area contributed by atoms with Gasteiger partial charge in [-0.2, -0.15) is 11.8 Å². The van der Waals surface area contributed by atoms with E-state index in [9.17, 15) is 9.59 Å². The summed E-state index contributed by atoms with van der Waals surface area (Å²) >= 11 is 1.71. The summed E-state index contributed by atoms with van der Waals surface area (Å²) in [7, 11) is 1.88. The molecule has 2 amide bonds. The maximum atomic E-state index is 13.6. The van der Waals surface area contributed by atoms with Crippen LogP contribution in [0.15, 0.2) is 24.3 Å². The molecule has 1 fully saturated rings. The van der Waals surface area contributed by atoms with Crippen molar-refractivity contribution in [1.82, 2.24) is 9.80 Å². The molecule has 32 heavy (non-hydrogen) atoms. The van der Waals surface area contributed by atoms with Gasteiger partial charge >= 0.3 is 0 Å². The highest BCUT2D eigenvalue weighted by atomic mass is 32.2. The van der Waals surface area contributed by atoms with Crippen LogP contribution in [-0.4, -0.2) is 73.0 Å². The van der Waals surface area contributed by atoms with Gasteiger partial charge in [-0.3, -0.25) is 9.59 Å². The van der Waals surface area contributed by atoms with Gasteiger partial charge < -0.3 is 20.3 Å². The highest BCUT2D eigenvalue weighted by molar-refractivity contribution is 7.98. The fraction of sp³-hybridized carbons (Fsp3) is 0.680. The molecule has 0 aliphatic carbocycles. The minimum Gasteiger partial charge on any atom is -0.491 e. The molecule has 178 valence electrons. The quantitative estimate of drug-likeness (QED) is 0.744. The molecule has 3 rings (SSSR count). The highest BCUT2D eigenvalue weighted by Gasteiger charge is 2.43. The number of likely N-dealkylation sites (N-methyl/N-ethyl adjacent to an activating group) is 1. The Morgan fingerprint density at radius 2 is 1.91 bits per heavy atom. The van der Waals surface area contributed by atoms with E-state index < -0.39 is 6.04 Å². The second-order valence-corrected chi connectivity index (χ2v) is 10.2. The van der Waals surface area contributed by atoms with Crippen LogP contribution in [0.4, 0.5) is 0 Å². The Labute approximate surface area is 197 Å². The van der Waals surface area contributed by atoms with Gasteiger partial charge in [0.05, 0.1) is 18.0 Å². The van der Waals surface area contributed by atoms with E-state index in [1.165, 1.54) is 5.56 Å². The number of thioether (sulfide) groups is 1. The molecule has 1 aromatic rings. The predicted octanol–water partition coefficient (Wildman–Crippen LogP) is 3.33. The first-order valence-electron chi connectivity index (χ1n) is 12.0. The van der Waals surface area contributed by atoms with Crippen molar-refractivity contribution in [2.75, 3.05) is 45.3 Å². The summed E-state index contributed by atoms with van der Waals surface area (Å²) < 4.78 is 6.04. The van der Waals surface area contributed by atoms with Crippen molar-refractivity contribution < 1.29 is 14.3 Å². The third kappa shape index (κ3) is 6.19. The third-order valence-corrected chi connectivity index (χ3v) is 7.69. The van der Waals surface area contributed by atoms with Gasteiger partial charge in [-0.1, -0.05) is 31.0 Å². The van der Waals surface area contributed by atoms with Gasteiger partial charge in [-0.25, -0.2) is 0 Å². The summed E-state index contributed by atoms with van der Waals surface area (Å²) in [5, 5.41) is 0. The SMILES string of the molecule is CSCC[C@H](N)C(=O)N1CCC2(CCCCCc3ccccc3OCCN(C)C2=O)CC1. The predicted molar refractivity (Wildman–Crippen MR) is 131 cm³/mol. The summed E-state index contributed by atoms with van der Waals surface area (Å²) in [5.41, 5.74) is 7.00. The zero-order valence-electron chi connectivity index (χ0n) is 19.7. The molecule has 1 saturated heterocycles. The molecule has 2 aliphatic heterocycles. The molecule has 1 spiro atoms. The van der Waals surface area contributed by atoms with Crippen molar-refractivity contribution in [3.05, 3.63) is 29.8 Å². The Morgan fingerprint density at radius 3 is 2.66 bits per heavy atom. The smallest absolute Gasteiger partial charge is 0.239 e. The number of carbonyl (C=O) groups excluding carboxylic acids is 2. The van der Waals surface area contributed by atoms with E-state index in [0.29, 0.717) is 32.7 Å². The molecule has 0 saturated carbocycles. The van der Waals surface area contributed by atoms with Crippen molar-refractivity contribution in [2.24, 2.45) is 11.1 Å². The summed E-state index contributed by atoms with van der Waals surface area (Å²) in [4.78, 5) is 30.0. The summed E-state index contributed by atoms with van der Waals surface area (Å²) in [6.07, 6.45) is 9.28. The van der Waals surface area contributed by atoms with E-state index >= 15 is 0 Å². The first-order chi connectivity index (χ1) is 15.5. The maximum Gasteiger partial charge on any atom is 0.239 e. The zero-order chi connectivity index (χ0) is 23.0. The Morgan fingerprint density at radius 1 is 1.16 bits per heavy atom. The Bertz CT molecular complexity index is 765. The van der Waals surface area contributed by atoms with Crippen LogP contribution < -0.4 is 10.5 Å². The number of benzene rings is 1. The van der Waals surface area contributed by atoms with Gasteiger partial charge in [0.25, 0.3) is 0 Å². The second-order valence-electron chi connectivity index (χ2n) is 9.24. The molecular weight excluding hydrogens is 422 g/mol. The van der Waals surface area contributed by atoms with E-state index in [0.717, 1.165) is 56.4 Å². The molecule has 0 bridgehead atoms. The van der Waals surface area contributed by atoms with E-state index in [4.69, 9.17) is 10.5 Å². The maximum absolute atomic E-state index is 13.6. The number of hydrogen-bond acceptors (Lipinski definition) is 5. The van der Waals surface area contributed by atoms with Crippen molar-refractivity contribution in [3.63, 3.8) is 0 Å². The lowest BCUT2D eigenvalue weighted by Gasteiger charge is -2.43. The first kappa shape index (κ1) is 24.9. The number of rotatable bonds is 4. The number of likely N-dealkylation sites (tertiary alicyclic amines) is 1. The number of aryl methyl sites for hydroxylation is 1. The number of hydrogen-bond donors (Lipinski definition) is 1. The number of amides is 2. The number of nitrogens with two attached hydrogens (primary N) is 1. The lowest BCUT2D eigenvalue weighted by atomic mass is 9.73. The molecule has 0 radical (unpaired) electrons. The summed E-state index contributed by atoms with van der Waals surface area (Å²) in [5.74, 6) is 2.06. The highest BCUT2D eigenvalue weighted by Crippen LogP contribution is 2.39. The topological polar surface area (TPSA) is 75.9 Å². The monoisotopic (exact) mass is 461 g/mol. The Balaban J connectivity index is 1.65. The molecular formula is C25H39N3O3S. The average Bonchev–Trinajstić information content (AvgIpc) is 2.82. The number of ether oxygens (including phenoxy) is 1. The van der Waals surface area contributed by atoms with E-state index in [2.05, 4.69) is 12.1 Å². The van der Waals surface area contributed by atoms with Crippen LogP contribution in [0.5, 0.6) is 5.75 Å². The van der Waals surface area contributed by atoms with Gasteiger partial charge in [0.1, 0.15) is 12.4 Å². The molecule has 1 atom stereocenters. The minimum absolute atomic E-state index is 0.0329. The van der Waals surface area contributed by atoms with Gasteiger partial charge in [0.15, 0.2) is 0 Å². The van der Waals surface area contributed by atoms with Crippen LogP contribution in [0.25, 0.3) is 0 Å². The normalized spacial score (nSPS) is 21.0. The Hall–Kier alpha value is -1.73. The lowest BCUT2D eigenvalue weighted by molar-refractivity contribution is -0.148. The first-order valence-corrected chi connectivity index (χ1v) is 13.4. The molecule has 6 nitrogen and oxygen atoms in total. The molecule has 7 heteroatoms.